The summed E-state index contributed by atoms with van der Waals surface area (Å²) in [5.74, 6) is 0.893. The Morgan fingerprint density at radius 3 is 2.02 bits per heavy atom. The van der Waals surface area contributed by atoms with Crippen LogP contribution in [-0.2, 0) is 6.42 Å². The van der Waals surface area contributed by atoms with Crippen LogP contribution in [0.4, 0.5) is 17.1 Å². The largest absolute Gasteiger partial charge is 0.505 e. The Labute approximate surface area is 258 Å². The van der Waals surface area contributed by atoms with Crippen molar-refractivity contribution in [1.29, 1.82) is 0 Å². The van der Waals surface area contributed by atoms with Crippen molar-refractivity contribution < 1.29 is 9.84 Å². The normalized spacial score (nSPS) is 12.4. The number of phenolic OH excluding ortho intramolecular Hbond substituents is 1. The lowest BCUT2D eigenvalue weighted by Crippen LogP contribution is -2.42. The summed E-state index contributed by atoms with van der Waals surface area (Å²) in [5, 5.41) is 15.7. The average Bonchev–Trinajstić information content (AvgIpc) is 3.39. The zero-order valence-corrected chi connectivity index (χ0v) is 26.3. The summed E-state index contributed by atoms with van der Waals surface area (Å²) in [5.41, 5.74) is 14.1. The van der Waals surface area contributed by atoms with E-state index in [-0.39, 0.29) is 5.75 Å². The number of hydrogen-bond acceptors (Lipinski definition) is 5. The number of hydrazine groups is 2. The van der Waals surface area contributed by atoms with Crippen molar-refractivity contribution >= 4 is 17.1 Å². The zero-order valence-electron chi connectivity index (χ0n) is 26.3. The molecule has 0 fully saturated rings. The molecule has 5 rings (SSSR count). The predicted octanol–water partition coefficient (Wildman–Crippen LogP) is 10.3. The molecule has 0 bridgehead atoms. The Bertz CT molecular complexity index is 1490. The third kappa shape index (κ3) is 6.46. The predicted molar refractivity (Wildman–Crippen MR) is 182 cm³/mol. The molecule has 1 aliphatic rings. The van der Waals surface area contributed by atoms with Crippen LogP contribution < -0.4 is 20.3 Å². The van der Waals surface area contributed by atoms with Crippen LogP contribution >= 0.6 is 0 Å². The summed E-state index contributed by atoms with van der Waals surface area (Å²) < 4.78 is 6.03. The van der Waals surface area contributed by atoms with E-state index in [0.29, 0.717) is 18.0 Å². The fourth-order valence-corrected chi connectivity index (χ4v) is 6.33. The van der Waals surface area contributed by atoms with E-state index < -0.39 is 0 Å². The number of nitrogens with zero attached hydrogens (tertiary/aromatic N) is 2. The molecular formula is C38H47N3O2. The molecule has 0 radical (unpaired) electrons. The van der Waals surface area contributed by atoms with Crippen LogP contribution in [0.1, 0.15) is 76.8 Å². The topological polar surface area (TPSA) is 48.0 Å². The van der Waals surface area contributed by atoms with Crippen LogP contribution in [0.15, 0.2) is 78.9 Å². The monoisotopic (exact) mass is 577 g/mol. The van der Waals surface area contributed by atoms with Gasteiger partial charge in [0, 0.05) is 23.7 Å². The van der Waals surface area contributed by atoms with Crippen molar-refractivity contribution in [1.82, 2.24) is 0 Å². The number of aromatic hydroxyl groups is 1. The van der Waals surface area contributed by atoms with Gasteiger partial charge in [-0.05, 0) is 60.6 Å². The van der Waals surface area contributed by atoms with E-state index in [0.717, 1.165) is 37.2 Å². The Balaban J connectivity index is 1.54. The molecule has 43 heavy (non-hydrogen) atoms. The van der Waals surface area contributed by atoms with E-state index in [4.69, 9.17) is 4.74 Å². The van der Waals surface area contributed by atoms with Gasteiger partial charge in [0.1, 0.15) is 17.2 Å². The van der Waals surface area contributed by atoms with Crippen molar-refractivity contribution in [2.75, 3.05) is 28.7 Å². The third-order valence-corrected chi connectivity index (χ3v) is 8.43. The molecule has 1 heterocycles. The molecule has 5 heteroatoms. The molecule has 0 aromatic heterocycles. The van der Waals surface area contributed by atoms with Gasteiger partial charge in [0.2, 0.25) is 0 Å². The van der Waals surface area contributed by atoms with Crippen molar-refractivity contribution in [3.05, 3.63) is 90.0 Å². The smallest absolute Gasteiger partial charge is 0.146 e. The fourth-order valence-electron chi connectivity index (χ4n) is 6.33. The quantitative estimate of drug-likeness (QED) is 0.146. The first-order valence-electron chi connectivity index (χ1n) is 16.2. The summed E-state index contributed by atoms with van der Waals surface area (Å²) >= 11 is 0. The highest BCUT2D eigenvalue weighted by molar-refractivity contribution is 6.04. The maximum absolute atomic E-state index is 11.4. The summed E-state index contributed by atoms with van der Waals surface area (Å²) in [4.78, 5) is 0. The van der Waals surface area contributed by atoms with Crippen LogP contribution in [0.25, 0.3) is 22.3 Å². The number of nitrogens with one attached hydrogen (secondary N) is 1. The number of phenols is 1. The highest BCUT2D eigenvalue weighted by Gasteiger charge is 2.36. The number of anilines is 3. The molecule has 0 saturated carbocycles. The van der Waals surface area contributed by atoms with Gasteiger partial charge in [-0.25, -0.2) is 0 Å². The first-order chi connectivity index (χ1) is 21.1. The van der Waals surface area contributed by atoms with Crippen molar-refractivity contribution in [2.45, 2.75) is 79.1 Å². The molecule has 0 atom stereocenters. The molecule has 0 aliphatic carbocycles. The molecule has 0 amide bonds. The first kappa shape index (κ1) is 30.3. The molecule has 0 unspecified atom stereocenters. The van der Waals surface area contributed by atoms with Gasteiger partial charge in [-0.1, -0.05) is 114 Å². The third-order valence-electron chi connectivity index (χ3n) is 8.43. The second-order valence-corrected chi connectivity index (χ2v) is 11.5. The Kier molecular flexibility index (Phi) is 10.1. The molecular weight excluding hydrogens is 530 g/mol. The fraction of sp³-hybridized carbons (Fsp3) is 0.368. The van der Waals surface area contributed by atoms with Crippen LogP contribution in [0.5, 0.6) is 11.5 Å². The molecule has 2 N–H and O–H groups in total. The van der Waals surface area contributed by atoms with E-state index in [1.807, 2.05) is 17.3 Å². The van der Waals surface area contributed by atoms with Crippen LogP contribution in [-0.4, -0.2) is 18.3 Å². The Morgan fingerprint density at radius 2 is 1.40 bits per heavy atom. The van der Waals surface area contributed by atoms with Crippen molar-refractivity contribution in [3.63, 3.8) is 0 Å². The number of ether oxygens (including phenoxy) is 1. The number of benzene rings is 4. The molecule has 4 aromatic rings. The molecule has 0 saturated heterocycles. The Hall–Kier alpha value is -4.12. The zero-order chi connectivity index (χ0) is 30.2. The van der Waals surface area contributed by atoms with E-state index >= 15 is 0 Å². The molecule has 4 aromatic carbocycles. The minimum absolute atomic E-state index is 0.191. The second-order valence-electron chi connectivity index (χ2n) is 11.5. The van der Waals surface area contributed by atoms with Gasteiger partial charge in [-0.2, -0.15) is 5.12 Å². The lowest BCUT2D eigenvalue weighted by molar-refractivity contribution is 0.303. The molecule has 0 spiro atoms. The molecule has 5 nitrogen and oxygen atoms in total. The van der Waals surface area contributed by atoms with Gasteiger partial charge in [-0.15, -0.1) is 0 Å². The van der Waals surface area contributed by atoms with Crippen LogP contribution in [0.3, 0.4) is 0 Å². The van der Waals surface area contributed by atoms with E-state index in [9.17, 15) is 5.11 Å². The van der Waals surface area contributed by atoms with E-state index in [2.05, 4.69) is 98.8 Å². The van der Waals surface area contributed by atoms with Gasteiger partial charge in [-0.3, -0.25) is 10.4 Å². The SMILES string of the molecule is CCCCCCCCOc1ccc(N2Nc3c(-c4ccccc4)c(CC)c(C)c(-c4ccccc4)c3N2CCC)c(O)c1. The minimum atomic E-state index is 0.191. The van der Waals surface area contributed by atoms with Crippen molar-refractivity contribution in [2.24, 2.45) is 0 Å². The number of hydrogen-bond donors (Lipinski definition) is 2. The average molecular weight is 578 g/mol. The van der Waals surface area contributed by atoms with Crippen LogP contribution in [0, 0.1) is 6.92 Å². The molecule has 1 aliphatic heterocycles. The number of fused-ring (bicyclic) bond motifs is 1. The van der Waals surface area contributed by atoms with Gasteiger partial charge in [0.25, 0.3) is 0 Å². The standard InChI is InChI=1S/C38H47N3O2/c1-5-8-9-10-11-18-26-43-31-23-24-33(34(42)27-31)41-39-37-36(30-21-16-13-17-22-30)32(7-3)28(4)35(29-19-14-12-15-20-29)38(37)40(41)25-6-2/h12-17,19-24,27,39,42H,5-11,18,25-26H2,1-4H3. The lowest BCUT2D eigenvalue weighted by Gasteiger charge is -2.32. The summed E-state index contributed by atoms with van der Waals surface area (Å²) in [6.07, 6.45) is 9.18. The summed E-state index contributed by atoms with van der Waals surface area (Å²) in [6.45, 7) is 10.4. The van der Waals surface area contributed by atoms with E-state index in [1.165, 1.54) is 65.5 Å². The van der Waals surface area contributed by atoms with Gasteiger partial charge in [0.15, 0.2) is 0 Å². The first-order valence-corrected chi connectivity index (χ1v) is 16.2. The molecule has 226 valence electrons. The Morgan fingerprint density at radius 1 is 0.744 bits per heavy atom. The highest BCUT2D eigenvalue weighted by Crippen LogP contribution is 2.53. The maximum atomic E-state index is 11.4. The summed E-state index contributed by atoms with van der Waals surface area (Å²) in [6, 6.07) is 27.0. The summed E-state index contributed by atoms with van der Waals surface area (Å²) in [7, 11) is 0. The van der Waals surface area contributed by atoms with Crippen molar-refractivity contribution in [3.8, 4) is 33.8 Å². The maximum Gasteiger partial charge on any atom is 0.146 e. The minimum Gasteiger partial charge on any atom is -0.505 e. The number of unbranched alkanes of at least 4 members (excludes halogenated alkanes) is 5. The lowest BCUT2D eigenvalue weighted by atomic mass is 9.85. The van der Waals surface area contributed by atoms with Gasteiger partial charge >= 0.3 is 0 Å². The van der Waals surface area contributed by atoms with Gasteiger partial charge < -0.3 is 9.84 Å². The van der Waals surface area contributed by atoms with Crippen LogP contribution in [0.2, 0.25) is 0 Å². The van der Waals surface area contributed by atoms with Gasteiger partial charge in [0.05, 0.1) is 18.0 Å². The second kappa shape index (κ2) is 14.4. The van der Waals surface area contributed by atoms with E-state index in [1.54, 1.807) is 6.07 Å². The highest BCUT2D eigenvalue weighted by atomic mass is 16.5. The number of rotatable bonds is 14.